The summed E-state index contributed by atoms with van der Waals surface area (Å²) in [5.41, 5.74) is 6.58. The average molecular weight is 281 g/mol. The molecule has 0 aliphatic carbocycles. The van der Waals surface area contributed by atoms with Crippen molar-refractivity contribution < 1.29 is 13.2 Å². The van der Waals surface area contributed by atoms with E-state index in [2.05, 4.69) is 11.2 Å². The molecule has 1 rings (SSSR count). The maximum Gasteiger partial charge on any atom is 0.242 e. The van der Waals surface area contributed by atoms with Gasteiger partial charge in [0.25, 0.3) is 0 Å². The molecule has 0 aromatic heterocycles. The summed E-state index contributed by atoms with van der Waals surface area (Å²) in [5.74, 6) is 1.66. The molecule has 0 heterocycles. The minimum Gasteiger partial charge on any atom is -0.325 e. The van der Waals surface area contributed by atoms with Gasteiger partial charge in [0.2, 0.25) is 15.9 Å². The van der Waals surface area contributed by atoms with Gasteiger partial charge in [0.15, 0.2) is 0 Å². The summed E-state index contributed by atoms with van der Waals surface area (Å²) in [6, 6.07) is 5.50. The van der Waals surface area contributed by atoms with Crippen LogP contribution in [0.15, 0.2) is 24.3 Å². The first-order valence-electron chi connectivity index (χ1n) is 5.41. The van der Waals surface area contributed by atoms with Crippen LogP contribution in [0.2, 0.25) is 0 Å². The van der Waals surface area contributed by atoms with Crippen LogP contribution < -0.4 is 16.2 Å². The highest BCUT2D eigenvalue weighted by molar-refractivity contribution is 7.88. The zero-order valence-electron chi connectivity index (χ0n) is 10.2. The number of nitrogens with one attached hydrogen (secondary N) is 1. The highest BCUT2D eigenvalue weighted by atomic mass is 32.2. The van der Waals surface area contributed by atoms with Crippen LogP contribution >= 0.6 is 0 Å². The van der Waals surface area contributed by atoms with Crippen molar-refractivity contribution in [2.24, 2.45) is 10.9 Å². The van der Waals surface area contributed by atoms with Gasteiger partial charge < -0.3 is 11.1 Å². The molecule has 0 saturated heterocycles. The van der Waals surface area contributed by atoms with E-state index in [1.807, 2.05) is 0 Å². The quantitative estimate of drug-likeness (QED) is 0.646. The smallest absolute Gasteiger partial charge is 0.242 e. The molecule has 102 valence electrons. The van der Waals surface area contributed by atoms with Crippen molar-refractivity contribution in [3.8, 4) is 12.3 Å². The van der Waals surface area contributed by atoms with E-state index in [1.165, 1.54) is 0 Å². The molecule has 1 aromatic rings. The van der Waals surface area contributed by atoms with Gasteiger partial charge in [-0.05, 0) is 17.7 Å². The Morgan fingerprint density at radius 3 is 2.42 bits per heavy atom. The van der Waals surface area contributed by atoms with E-state index in [0.29, 0.717) is 11.3 Å². The van der Waals surface area contributed by atoms with Crippen LogP contribution in [-0.4, -0.2) is 20.4 Å². The van der Waals surface area contributed by atoms with Crippen molar-refractivity contribution in [3.63, 3.8) is 0 Å². The number of benzene rings is 1. The molecule has 0 radical (unpaired) electrons. The van der Waals surface area contributed by atoms with Gasteiger partial charge in [-0.3, -0.25) is 4.79 Å². The Kier molecular flexibility index (Phi) is 5.06. The second-order valence-electron chi connectivity index (χ2n) is 4.01. The number of hydrogen-bond acceptors (Lipinski definition) is 4. The lowest BCUT2D eigenvalue weighted by Crippen LogP contribution is -2.35. The Labute approximate surface area is 112 Å². The van der Waals surface area contributed by atoms with E-state index in [4.69, 9.17) is 17.3 Å². The lowest BCUT2D eigenvalue weighted by atomic mass is 10.2. The Bertz CT molecular complexity index is 588. The summed E-state index contributed by atoms with van der Waals surface area (Å²) in [4.78, 5) is 11.6. The van der Waals surface area contributed by atoms with E-state index in [0.717, 1.165) is 0 Å². The molecule has 0 spiro atoms. The number of nitrogens with two attached hydrogens (primary N) is 2. The van der Waals surface area contributed by atoms with Crippen LogP contribution in [0.1, 0.15) is 12.0 Å². The van der Waals surface area contributed by atoms with Crippen molar-refractivity contribution in [1.29, 1.82) is 0 Å². The van der Waals surface area contributed by atoms with Crippen molar-refractivity contribution in [1.82, 2.24) is 0 Å². The van der Waals surface area contributed by atoms with Crippen LogP contribution in [0.4, 0.5) is 5.69 Å². The second kappa shape index (κ2) is 6.33. The molecular weight excluding hydrogens is 266 g/mol. The number of rotatable bonds is 5. The number of primary sulfonamides is 1. The van der Waals surface area contributed by atoms with E-state index in [9.17, 15) is 13.2 Å². The fourth-order valence-corrected chi connectivity index (χ4v) is 2.03. The molecule has 7 heteroatoms. The molecule has 6 nitrogen and oxygen atoms in total. The van der Waals surface area contributed by atoms with E-state index >= 15 is 0 Å². The van der Waals surface area contributed by atoms with Gasteiger partial charge in [-0.25, -0.2) is 13.6 Å². The van der Waals surface area contributed by atoms with Gasteiger partial charge in [0.1, 0.15) is 0 Å². The van der Waals surface area contributed by atoms with Crippen LogP contribution in [0.5, 0.6) is 0 Å². The van der Waals surface area contributed by atoms with Crippen molar-refractivity contribution in [3.05, 3.63) is 29.8 Å². The van der Waals surface area contributed by atoms with Crippen molar-refractivity contribution in [2.45, 2.75) is 18.2 Å². The zero-order valence-corrected chi connectivity index (χ0v) is 11.0. The highest BCUT2D eigenvalue weighted by Gasteiger charge is 2.12. The van der Waals surface area contributed by atoms with Gasteiger partial charge in [-0.2, -0.15) is 0 Å². The molecule has 0 saturated carbocycles. The number of carbonyl (C=O) groups excluding carboxylic acids is 1. The minimum absolute atomic E-state index is 0.148. The molecule has 0 fully saturated rings. The van der Waals surface area contributed by atoms with Gasteiger partial charge in [0, 0.05) is 12.1 Å². The lowest BCUT2D eigenvalue weighted by Gasteiger charge is -2.10. The first kappa shape index (κ1) is 15.2. The fraction of sp³-hybridized carbons (Fsp3) is 0.250. The van der Waals surface area contributed by atoms with Crippen LogP contribution in [0.25, 0.3) is 0 Å². The first-order chi connectivity index (χ1) is 8.81. The van der Waals surface area contributed by atoms with Crippen molar-refractivity contribution >= 4 is 21.6 Å². The topological polar surface area (TPSA) is 115 Å². The van der Waals surface area contributed by atoms with Crippen molar-refractivity contribution in [2.75, 3.05) is 5.32 Å². The van der Waals surface area contributed by atoms with Crippen LogP contribution in [0, 0.1) is 12.3 Å². The normalized spacial score (nSPS) is 12.5. The molecular formula is C12H15N3O3S. The van der Waals surface area contributed by atoms with E-state index in [1.54, 1.807) is 24.3 Å². The number of hydrogen-bond donors (Lipinski definition) is 3. The number of sulfonamides is 1. The summed E-state index contributed by atoms with van der Waals surface area (Å²) in [7, 11) is -3.56. The largest absolute Gasteiger partial charge is 0.325 e. The molecule has 1 unspecified atom stereocenters. The van der Waals surface area contributed by atoms with Gasteiger partial charge in [-0.15, -0.1) is 12.3 Å². The summed E-state index contributed by atoms with van der Waals surface area (Å²) >= 11 is 0. The summed E-state index contributed by atoms with van der Waals surface area (Å²) in [6.07, 6.45) is 5.21. The molecule has 5 N–H and O–H groups in total. The van der Waals surface area contributed by atoms with Gasteiger partial charge in [-0.1, -0.05) is 12.1 Å². The molecule has 19 heavy (non-hydrogen) atoms. The van der Waals surface area contributed by atoms with Crippen LogP contribution in [-0.2, 0) is 20.6 Å². The standard InChI is InChI=1S/C12H15N3O3S/c1-2-3-11(13)12(16)15-10-6-4-9(5-7-10)8-19(14,17)18/h1,4-7,11H,3,8,13H2,(H,15,16)(H2,14,17,18). The maximum absolute atomic E-state index is 11.6. The van der Waals surface area contributed by atoms with Gasteiger partial charge >= 0.3 is 0 Å². The molecule has 0 aliphatic rings. The Balaban J connectivity index is 2.68. The predicted octanol–water partition coefficient (Wildman–Crippen LogP) is -0.236. The summed E-state index contributed by atoms with van der Waals surface area (Å²) in [5, 5.41) is 7.50. The predicted molar refractivity (Wildman–Crippen MR) is 73.3 cm³/mol. The summed E-state index contributed by atoms with van der Waals surface area (Å²) < 4.78 is 21.8. The molecule has 1 aromatic carbocycles. The van der Waals surface area contributed by atoms with Crippen LogP contribution in [0.3, 0.4) is 0 Å². The number of amides is 1. The SMILES string of the molecule is C#CCC(N)C(=O)Nc1ccc(CS(N)(=O)=O)cc1. The van der Waals surface area contributed by atoms with E-state index < -0.39 is 22.0 Å². The third-order valence-electron chi connectivity index (χ3n) is 2.26. The Morgan fingerprint density at radius 2 is 1.95 bits per heavy atom. The average Bonchev–Trinajstić information content (AvgIpc) is 2.30. The third-order valence-corrected chi connectivity index (χ3v) is 3.00. The second-order valence-corrected chi connectivity index (χ2v) is 5.62. The van der Waals surface area contributed by atoms with Gasteiger partial charge in [0.05, 0.1) is 11.8 Å². The lowest BCUT2D eigenvalue weighted by molar-refractivity contribution is -0.117. The first-order valence-corrected chi connectivity index (χ1v) is 7.12. The number of anilines is 1. The Morgan fingerprint density at radius 1 is 1.37 bits per heavy atom. The number of carbonyl (C=O) groups is 1. The minimum atomic E-state index is -3.56. The molecule has 1 amide bonds. The fourth-order valence-electron chi connectivity index (χ4n) is 1.37. The van der Waals surface area contributed by atoms with E-state index in [-0.39, 0.29) is 12.2 Å². The Hall–Kier alpha value is -1.88. The molecule has 0 bridgehead atoms. The number of terminal acetylenes is 1. The molecule has 0 aliphatic heterocycles. The monoisotopic (exact) mass is 281 g/mol. The maximum atomic E-state index is 11.6. The highest BCUT2D eigenvalue weighted by Crippen LogP contribution is 2.11. The summed E-state index contributed by atoms with van der Waals surface area (Å²) in [6.45, 7) is 0. The third kappa shape index (κ3) is 5.52. The molecule has 1 atom stereocenters. The zero-order chi connectivity index (χ0) is 14.5.